The van der Waals surface area contributed by atoms with Crippen molar-refractivity contribution in [3.8, 4) is 5.75 Å². The minimum atomic E-state index is -0.372. The standard InChI is InChI=1S/C16H18FNO/c1-11-5-3-4-6-14(11)10-19-16-8-7-13(12(2)18)9-15(16)17/h3-9,12H,10,18H2,1-2H3. The van der Waals surface area contributed by atoms with E-state index in [0.29, 0.717) is 6.61 Å². The molecule has 0 aliphatic carbocycles. The summed E-state index contributed by atoms with van der Waals surface area (Å²) in [6.45, 7) is 4.19. The number of nitrogens with two attached hydrogens (primary N) is 1. The van der Waals surface area contributed by atoms with Crippen LogP contribution in [0.2, 0.25) is 0 Å². The molecule has 0 spiro atoms. The molecule has 1 unspecified atom stereocenters. The topological polar surface area (TPSA) is 35.2 Å². The minimum absolute atomic E-state index is 0.181. The highest BCUT2D eigenvalue weighted by Crippen LogP contribution is 2.22. The first-order valence-electron chi connectivity index (χ1n) is 6.30. The third-order valence-corrected chi connectivity index (χ3v) is 3.13. The first-order valence-corrected chi connectivity index (χ1v) is 6.30. The molecule has 0 fully saturated rings. The van der Waals surface area contributed by atoms with E-state index in [0.717, 1.165) is 16.7 Å². The monoisotopic (exact) mass is 259 g/mol. The smallest absolute Gasteiger partial charge is 0.165 e. The van der Waals surface area contributed by atoms with Gasteiger partial charge in [-0.2, -0.15) is 0 Å². The third-order valence-electron chi connectivity index (χ3n) is 3.13. The lowest BCUT2D eigenvalue weighted by atomic mass is 10.1. The van der Waals surface area contributed by atoms with Crippen molar-refractivity contribution in [1.82, 2.24) is 0 Å². The average Bonchev–Trinajstić information content (AvgIpc) is 2.39. The van der Waals surface area contributed by atoms with Crippen molar-refractivity contribution in [1.29, 1.82) is 0 Å². The fourth-order valence-electron chi connectivity index (χ4n) is 1.84. The lowest BCUT2D eigenvalue weighted by molar-refractivity contribution is 0.289. The number of aryl methyl sites for hydroxylation is 1. The molecule has 100 valence electrons. The molecular formula is C16H18FNO. The van der Waals surface area contributed by atoms with Crippen LogP contribution in [0.4, 0.5) is 4.39 Å². The van der Waals surface area contributed by atoms with Gasteiger partial charge in [0.1, 0.15) is 6.61 Å². The molecule has 3 heteroatoms. The second-order valence-corrected chi connectivity index (χ2v) is 4.69. The van der Waals surface area contributed by atoms with E-state index in [9.17, 15) is 4.39 Å². The van der Waals surface area contributed by atoms with Gasteiger partial charge in [0.2, 0.25) is 0 Å². The fraction of sp³-hybridized carbons (Fsp3) is 0.250. The molecule has 0 saturated heterocycles. The summed E-state index contributed by atoms with van der Waals surface area (Å²) in [5.74, 6) is -0.115. The van der Waals surface area contributed by atoms with Crippen LogP contribution in [0.1, 0.15) is 29.7 Å². The molecule has 1 atom stereocenters. The van der Waals surface area contributed by atoms with Gasteiger partial charge >= 0.3 is 0 Å². The van der Waals surface area contributed by atoms with Gasteiger partial charge < -0.3 is 10.5 Å². The Kier molecular flexibility index (Phi) is 4.17. The van der Waals surface area contributed by atoms with Crippen LogP contribution < -0.4 is 10.5 Å². The van der Waals surface area contributed by atoms with E-state index in [-0.39, 0.29) is 17.6 Å². The first-order chi connectivity index (χ1) is 9.08. The molecule has 19 heavy (non-hydrogen) atoms. The second-order valence-electron chi connectivity index (χ2n) is 4.69. The highest BCUT2D eigenvalue weighted by Gasteiger charge is 2.08. The average molecular weight is 259 g/mol. The van der Waals surface area contributed by atoms with Gasteiger partial charge in [0.15, 0.2) is 11.6 Å². The van der Waals surface area contributed by atoms with Crippen molar-refractivity contribution < 1.29 is 9.13 Å². The quantitative estimate of drug-likeness (QED) is 0.908. The number of hydrogen-bond donors (Lipinski definition) is 1. The first kappa shape index (κ1) is 13.6. The predicted molar refractivity (Wildman–Crippen MR) is 74.5 cm³/mol. The lowest BCUT2D eigenvalue weighted by Crippen LogP contribution is -2.06. The van der Waals surface area contributed by atoms with Crippen molar-refractivity contribution in [2.45, 2.75) is 26.5 Å². The van der Waals surface area contributed by atoms with Crippen molar-refractivity contribution >= 4 is 0 Å². The molecule has 0 aliphatic rings. The van der Waals surface area contributed by atoms with E-state index in [4.69, 9.17) is 10.5 Å². The highest BCUT2D eigenvalue weighted by molar-refractivity contribution is 5.31. The van der Waals surface area contributed by atoms with Gasteiger partial charge in [-0.25, -0.2) is 4.39 Å². The molecular weight excluding hydrogens is 241 g/mol. The molecule has 0 bridgehead atoms. The Hall–Kier alpha value is -1.87. The zero-order valence-corrected chi connectivity index (χ0v) is 11.2. The third kappa shape index (κ3) is 3.32. The number of halogens is 1. The van der Waals surface area contributed by atoms with Crippen LogP contribution in [0.15, 0.2) is 42.5 Å². The van der Waals surface area contributed by atoms with Gasteiger partial charge in [0, 0.05) is 6.04 Å². The van der Waals surface area contributed by atoms with Crippen molar-refractivity contribution in [3.63, 3.8) is 0 Å². The summed E-state index contributed by atoms with van der Waals surface area (Å²) in [5.41, 5.74) is 8.66. The van der Waals surface area contributed by atoms with Gasteiger partial charge in [-0.15, -0.1) is 0 Å². The molecule has 0 aromatic heterocycles. The Labute approximate surface area is 113 Å². The molecule has 0 saturated carbocycles. The van der Waals surface area contributed by atoms with E-state index in [2.05, 4.69) is 0 Å². The molecule has 0 radical (unpaired) electrons. The largest absolute Gasteiger partial charge is 0.486 e. The van der Waals surface area contributed by atoms with Gasteiger partial charge in [-0.1, -0.05) is 30.3 Å². The van der Waals surface area contributed by atoms with Crippen LogP contribution in [0, 0.1) is 12.7 Å². The zero-order chi connectivity index (χ0) is 13.8. The summed E-state index contributed by atoms with van der Waals surface area (Å²) in [7, 11) is 0. The Balaban J connectivity index is 2.10. The number of benzene rings is 2. The van der Waals surface area contributed by atoms with Crippen molar-refractivity contribution in [3.05, 3.63) is 65.0 Å². The zero-order valence-electron chi connectivity index (χ0n) is 11.2. The van der Waals surface area contributed by atoms with Gasteiger partial charge in [0.25, 0.3) is 0 Å². The van der Waals surface area contributed by atoms with E-state index in [1.165, 1.54) is 6.07 Å². The van der Waals surface area contributed by atoms with Crippen molar-refractivity contribution in [2.24, 2.45) is 5.73 Å². The highest BCUT2D eigenvalue weighted by atomic mass is 19.1. The van der Waals surface area contributed by atoms with E-state index in [1.807, 2.05) is 38.1 Å². The molecule has 2 aromatic rings. The van der Waals surface area contributed by atoms with Crippen LogP contribution in [0.3, 0.4) is 0 Å². The molecule has 2 rings (SSSR count). The Morgan fingerprint density at radius 3 is 2.58 bits per heavy atom. The van der Waals surface area contributed by atoms with E-state index in [1.54, 1.807) is 12.1 Å². The molecule has 2 aromatic carbocycles. The molecule has 0 heterocycles. The summed E-state index contributed by atoms with van der Waals surface area (Å²) in [6.07, 6.45) is 0. The molecule has 0 aliphatic heterocycles. The number of rotatable bonds is 4. The van der Waals surface area contributed by atoms with E-state index < -0.39 is 0 Å². The SMILES string of the molecule is Cc1ccccc1COc1ccc(C(C)N)cc1F. The fourth-order valence-corrected chi connectivity index (χ4v) is 1.84. The normalized spacial score (nSPS) is 12.2. The van der Waals surface area contributed by atoms with Crippen LogP contribution in [-0.2, 0) is 6.61 Å². The van der Waals surface area contributed by atoms with Crippen LogP contribution in [0.5, 0.6) is 5.75 Å². The Bertz CT molecular complexity index is 566. The summed E-state index contributed by atoms with van der Waals surface area (Å²) in [5, 5.41) is 0. The maximum absolute atomic E-state index is 13.8. The summed E-state index contributed by atoms with van der Waals surface area (Å²) in [6, 6.07) is 12.6. The summed E-state index contributed by atoms with van der Waals surface area (Å²) < 4.78 is 19.4. The second kappa shape index (κ2) is 5.85. The maximum atomic E-state index is 13.8. The summed E-state index contributed by atoms with van der Waals surface area (Å²) >= 11 is 0. The molecule has 2 N–H and O–H groups in total. The van der Waals surface area contributed by atoms with Crippen LogP contribution in [-0.4, -0.2) is 0 Å². The molecule has 2 nitrogen and oxygen atoms in total. The van der Waals surface area contributed by atoms with Crippen molar-refractivity contribution in [2.75, 3.05) is 0 Å². The lowest BCUT2D eigenvalue weighted by Gasteiger charge is -2.11. The van der Waals surface area contributed by atoms with E-state index >= 15 is 0 Å². The minimum Gasteiger partial charge on any atom is -0.486 e. The maximum Gasteiger partial charge on any atom is 0.165 e. The van der Waals surface area contributed by atoms with Gasteiger partial charge in [-0.3, -0.25) is 0 Å². The van der Waals surface area contributed by atoms with Gasteiger partial charge in [-0.05, 0) is 42.7 Å². The number of ether oxygens (including phenoxy) is 1. The predicted octanol–water partition coefficient (Wildman–Crippen LogP) is 3.73. The molecule has 0 amide bonds. The van der Waals surface area contributed by atoms with Crippen LogP contribution in [0.25, 0.3) is 0 Å². The Morgan fingerprint density at radius 1 is 1.21 bits per heavy atom. The summed E-state index contributed by atoms with van der Waals surface area (Å²) in [4.78, 5) is 0. The van der Waals surface area contributed by atoms with Gasteiger partial charge in [0.05, 0.1) is 0 Å². The number of hydrogen-bond acceptors (Lipinski definition) is 2. The Morgan fingerprint density at radius 2 is 1.95 bits per heavy atom. The van der Waals surface area contributed by atoms with Crippen LogP contribution >= 0.6 is 0 Å².